The van der Waals surface area contributed by atoms with Gasteiger partial charge in [0.15, 0.2) is 0 Å². The van der Waals surface area contributed by atoms with Crippen molar-refractivity contribution in [2.24, 2.45) is 11.1 Å². The summed E-state index contributed by atoms with van der Waals surface area (Å²) in [5, 5.41) is 10.5. The largest absolute Gasteiger partial charge is 0.497 e. The van der Waals surface area contributed by atoms with Crippen LogP contribution in [0.5, 0.6) is 5.75 Å². The highest BCUT2D eigenvalue weighted by atomic mass is 16.5. The SMILES string of the molecule is CCC(C)(C)C(O)C(CN)c1cccc(OC)c1. The molecule has 3 N–H and O–H groups in total. The number of aliphatic hydroxyl groups is 1. The predicted octanol–water partition coefficient (Wildman–Crippen LogP) is 2.53. The summed E-state index contributed by atoms with van der Waals surface area (Å²) < 4.78 is 5.22. The van der Waals surface area contributed by atoms with Crippen molar-refractivity contribution in [2.45, 2.75) is 39.2 Å². The van der Waals surface area contributed by atoms with Crippen LogP contribution in [0.3, 0.4) is 0 Å². The zero-order chi connectivity index (χ0) is 13.8. The average Bonchev–Trinajstić information content (AvgIpc) is 2.39. The molecule has 2 unspecified atom stereocenters. The van der Waals surface area contributed by atoms with E-state index in [4.69, 9.17) is 10.5 Å². The Labute approximate surface area is 110 Å². The zero-order valence-corrected chi connectivity index (χ0v) is 11.8. The Morgan fingerprint density at radius 1 is 1.39 bits per heavy atom. The van der Waals surface area contributed by atoms with E-state index in [2.05, 4.69) is 20.8 Å². The Balaban J connectivity index is 3.01. The molecule has 0 radical (unpaired) electrons. The van der Waals surface area contributed by atoms with E-state index in [1.165, 1.54) is 0 Å². The highest BCUT2D eigenvalue weighted by Gasteiger charge is 2.33. The summed E-state index contributed by atoms with van der Waals surface area (Å²) in [6.07, 6.45) is 0.453. The first kappa shape index (κ1) is 15.0. The Morgan fingerprint density at radius 2 is 2.06 bits per heavy atom. The van der Waals surface area contributed by atoms with Crippen LogP contribution in [-0.2, 0) is 0 Å². The molecule has 0 amide bonds. The fraction of sp³-hybridized carbons (Fsp3) is 0.600. The fourth-order valence-electron chi connectivity index (χ4n) is 2.07. The van der Waals surface area contributed by atoms with Crippen molar-refractivity contribution in [1.29, 1.82) is 0 Å². The van der Waals surface area contributed by atoms with Crippen LogP contribution in [0.1, 0.15) is 38.7 Å². The summed E-state index contributed by atoms with van der Waals surface area (Å²) in [5.74, 6) is 0.738. The summed E-state index contributed by atoms with van der Waals surface area (Å²) in [6, 6.07) is 7.78. The van der Waals surface area contributed by atoms with Crippen LogP contribution in [0.15, 0.2) is 24.3 Å². The molecule has 3 nitrogen and oxygen atoms in total. The molecule has 1 rings (SSSR count). The first-order chi connectivity index (χ1) is 8.46. The van der Waals surface area contributed by atoms with Gasteiger partial charge in [0.25, 0.3) is 0 Å². The standard InChI is InChI=1S/C15H25NO2/c1-5-15(2,3)14(17)13(10-16)11-7-6-8-12(9-11)18-4/h6-9,13-14,17H,5,10,16H2,1-4H3. The van der Waals surface area contributed by atoms with Gasteiger partial charge in [-0.15, -0.1) is 0 Å². The van der Waals surface area contributed by atoms with E-state index in [0.29, 0.717) is 6.54 Å². The smallest absolute Gasteiger partial charge is 0.119 e. The second-order valence-electron chi connectivity index (χ2n) is 5.41. The minimum Gasteiger partial charge on any atom is -0.497 e. The van der Waals surface area contributed by atoms with Crippen molar-refractivity contribution in [1.82, 2.24) is 0 Å². The highest BCUT2D eigenvalue weighted by Crippen LogP contribution is 2.35. The van der Waals surface area contributed by atoms with Gasteiger partial charge < -0.3 is 15.6 Å². The maximum atomic E-state index is 10.5. The van der Waals surface area contributed by atoms with Gasteiger partial charge in [-0.2, -0.15) is 0 Å². The number of hydrogen-bond acceptors (Lipinski definition) is 3. The van der Waals surface area contributed by atoms with Crippen molar-refractivity contribution in [3.8, 4) is 5.75 Å². The molecular weight excluding hydrogens is 226 g/mol. The van der Waals surface area contributed by atoms with Gasteiger partial charge in [-0.1, -0.05) is 32.9 Å². The number of methoxy groups -OCH3 is 1. The van der Waals surface area contributed by atoms with Gasteiger partial charge in [0, 0.05) is 12.5 Å². The number of ether oxygens (including phenoxy) is 1. The second kappa shape index (κ2) is 6.21. The topological polar surface area (TPSA) is 55.5 Å². The van der Waals surface area contributed by atoms with E-state index in [9.17, 15) is 5.11 Å². The lowest BCUT2D eigenvalue weighted by Gasteiger charge is -2.35. The predicted molar refractivity (Wildman–Crippen MR) is 74.9 cm³/mol. The molecule has 0 aromatic heterocycles. The molecule has 1 aromatic carbocycles. The van der Waals surface area contributed by atoms with Crippen LogP contribution in [0.4, 0.5) is 0 Å². The molecule has 18 heavy (non-hydrogen) atoms. The first-order valence-corrected chi connectivity index (χ1v) is 6.48. The molecule has 1 aromatic rings. The molecule has 0 aliphatic rings. The van der Waals surface area contributed by atoms with Crippen molar-refractivity contribution in [2.75, 3.05) is 13.7 Å². The number of hydrogen-bond donors (Lipinski definition) is 2. The minimum absolute atomic E-state index is 0.0601. The van der Waals surface area contributed by atoms with E-state index in [-0.39, 0.29) is 11.3 Å². The molecular formula is C15H25NO2. The molecule has 102 valence electrons. The van der Waals surface area contributed by atoms with Crippen LogP contribution < -0.4 is 10.5 Å². The Bertz CT molecular complexity index is 377. The molecule has 2 atom stereocenters. The third kappa shape index (κ3) is 3.24. The summed E-state index contributed by atoms with van der Waals surface area (Å²) >= 11 is 0. The minimum atomic E-state index is -0.459. The molecule has 0 bridgehead atoms. The number of aliphatic hydroxyl groups excluding tert-OH is 1. The van der Waals surface area contributed by atoms with Crippen molar-refractivity contribution in [3.63, 3.8) is 0 Å². The van der Waals surface area contributed by atoms with Gasteiger partial charge in [0.1, 0.15) is 5.75 Å². The van der Waals surface area contributed by atoms with Gasteiger partial charge in [0.05, 0.1) is 13.2 Å². The molecule has 0 spiro atoms. The van der Waals surface area contributed by atoms with Crippen LogP contribution in [0.2, 0.25) is 0 Å². The van der Waals surface area contributed by atoms with Crippen LogP contribution in [-0.4, -0.2) is 24.9 Å². The molecule has 0 heterocycles. The van der Waals surface area contributed by atoms with Crippen molar-refractivity contribution >= 4 is 0 Å². The number of nitrogens with two attached hydrogens (primary N) is 1. The normalized spacial score (nSPS) is 15.2. The van der Waals surface area contributed by atoms with Crippen molar-refractivity contribution in [3.05, 3.63) is 29.8 Å². The van der Waals surface area contributed by atoms with E-state index >= 15 is 0 Å². The van der Waals surface area contributed by atoms with Crippen LogP contribution in [0.25, 0.3) is 0 Å². The number of benzene rings is 1. The lowest BCUT2D eigenvalue weighted by atomic mass is 9.75. The monoisotopic (exact) mass is 251 g/mol. The first-order valence-electron chi connectivity index (χ1n) is 6.48. The Hall–Kier alpha value is -1.06. The average molecular weight is 251 g/mol. The van der Waals surface area contributed by atoms with Gasteiger partial charge >= 0.3 is 0 Å². The van der Waals surface area contributed by atoms with E-state index in [1.807, 2.05) is 24.3 Å². The third-order valence-electron chi connectivity index (χ3n) is 3.87. The summed E-state index contributed by atoms with van der Waals surface area (Å²) in [6.45, 7) is 6.65. The lowest BCUT2D eigenvalue weighted by Crippen LogP contribution is -2.37. The summed E-state index contributed by atoms with van der Waals surface area (Å²) in [7, 11) is 1.64. The van der Waals surface area contributed by atoms with E-state index in [0.717, 1.165) is 17.7 Å². The van der Waals surface area contributed by atoms with E-state index < -0.39 is 6.10 Å². The summed E-state index contributed by atoms with van der Waals surface area (Å²) in [4.78, 5) is 0. The quantitative estimate of drug-likeness (QED) is 0.817. The van der Waals surface area contributed by atoms with Gasteiger partial charge in [-0.25, -0.2) is 0 Å². The Morgan fingerprint density at radius 3 is 2.56 bits per heavy atom. The van der Waals surface area contributed by atoms with E-state index in [1.54, 1.807) is 7.11 Å². The molecule has 0 aliphatic heterocycles. The van der Waals surface area contributed by atoms with Crippen molar-refractivity contribution < 1.29 is 9.84 Å². The summed E-state index contributed by atoms with van der Waals surface area (Å²) in [5.41, 5.74) is 6.74. The second-order valence-corrected chi connectivity index (χ2v) is 5.41. The number of rotatable bonds is 6. The molecule has 0 saturated carbocycles. The van der Waals surface area contributed by atoms with Crippen LogP contribution in [0, 0.1) is 5.41 Å². The molecule has 0 aliphatic carbocycles. The maximum absolute atomic E-state index is 10.5. The Kier molecular flexibility index (Phi) is 5.17. The molecule has 3 heteroatoms. The zero-order valence-electron chi connectivity index (χ0n) is 11.8. The fourth-order valence-corrected chi connectivity index (χ4v) is 2.07. The van der Waals surface area contributed by atoms with Gasteiger partial charge in [0.2, 0.25) is 0 Å². The van der Waals surface area contributed by atoms with Crippen LogP contribution >= 0.6 is 0 Å². The van der Waals surface area contributed by atoms with Gasteiger partial charge in [-0.3, -0.25) is 0 Å². The van der Waals surface area contributed by atoms with Gasteiger partial charge in [-0.05, 0) is 29.5 Å². The third-order valence-corrected chi connectivity index (χ3v) is 3.87. The molecule has 0 saturated heterocycles. The lowest BCUT2D eigenvalue weighted by molar-refractivity contribution is 0.0264. The maximum Gasteiger partial charge on any atom is 0.119 e. The molecule has 0 fully saturated rings. The highest BCUT2D eigenvalue weighted by molar-refractivity contribution is 5.32.